The molecule has 1 heterocycles. The highest BCUT2D eigenvalue weighted by atomic mass is 16.3. The molecule has 1 aliphatic carbocycles. The molecule has 2 rings (SSSR count). The van der Waals surface area contributed by atoms with Crippen LogP contribution in [0.1, 0.15) is 31.9 Å². The predicted octanol–water partition coefficient (Wildman–Crippen LogP) is 1.86. The number of pyridine rings is 1. The Morgan fingerprint density at radius 3 is 3.00 bits per heavy atom. The molecule has 1 aliphatic rings. The smallest absolute Gasteiger partial charge is 0.0564 e. The fraction of sp³-hybridized carbons (Fsp3) is 0.643. The van der Waals surface area contributed by atoms with Crippen molar-refractivity contribution in [3.05, 3.63) is 24.0 Å². The van der Waals surface area contributed by atoms with Gasteiger partial charge >= 0.3 is 0 Å². The number of hydrogen-bond donors (Lipinski definition) is 2. The summed E-state index contributed by atoms with van der Waals surface area (Å²) in [5.41, 5.74) is 2.22. The lowest BCUT2D eigenvalue weighted by atomic mass is 10.3. The van der Waals surface area contributed by atoms with Crippen LogP contribution < -0.4 is 5.32 Å². The summed E-state index contributed by atoms with van der Waals surface area (Å²) in [5, 5.41) is 12.5. The minimum absolute atomic E-state index is 0.226. The molecule has 0 spiro atoms. The zero-order valence-electron chi connectivity index (χ0n) is 11.1. The molecule has 0 amide bonds. The summed E-state index contributed by atoms with van der Waals surface area (Å²) in [7, 11) is 0. The minimum atomic E-state index is 0.226. The van der Waals surface area contributed by atoms with E-state index in [0.717, 1.165) is 37.4 Å². The summed E-state index contributed by atoms with van der Waals surface area (Å²) in [6, 6.07) is 4.78. The average molecular weight is 249 g/mol. The van der Waals surface area contributed by atoms with Crippen molar-refractivity contribution in [3.8, 4) is 0 Å². The molecule has 18 heavy (non-hydrogen) atoms. The average Bonchev–Trinajstić information content (AvgIpc) is 3.21. The quantitative estimate of drug-likeness (QED) is 0.738. The lowest BCUT2D eigenvalue weighted by Crippen LogP contribution is -2.29. The number of aliphatic hydroxyl groups is 1. The first kappa shape index (κ1) is 13.3. The largest absolute Gasteiger partial charge is 0.395 e. The maximum Gasteiger partial charge on any atom is 0.0564 e. The molecule has 1 aromatic heterocycles. The first-order valence-electron chi connectivity index (χ1n) is 6.87. The maximum atomic E-state index is 9.09. The van der Waals surface area contributed by atoms with Crippen molar-refractivity contribution in [2.75, 3.05) is 25.0 Å². The van der Waals surface area contributed by atoms with Gasteiger partial charge in [0.25, 0.3) is 0 Å². The summed E-state index contributed by atoms with van der Waals surface area (Å²) < 4.78 is 0. The van der Waals surface area contributed by atoms with E-state index in [2.05, 4.69) is 28.2 Å². The Balaban J connectivity index is 1.94. The number of anilines is 1. The van der Waals surface area contributed by atoms with Crippen LogP contribution in [-0.2, 0) is 6.54 Å². The third kappa shape index (κ3) is 3.96. The van der Waals surface area contributed by atoms with Crippen LogP contribution in [0.3, 0.4) is 0 Å². The summed E-state index contributed by atoms with van der Waals surface area (Å²) in [6.07, 6.45) is 5.50. The second kappa shape index (κ2) is 6.71. The van der Waals surface area contributed by atoms with E-state index in [0.29, 0.717) is 6.04 Å². The van der Waals surface area contributed by atoms with Gasteiger partial charge in [-0.3, -0.25) is 9.88 Å². The molecule has 0 unspecified atom stereocenters. The molecule has 0 bridgehead atoms. The van der Waals surface area contributed by atoms with Crippen LogP contribution in [0.2, 0.25) is 0 Å². The molecule has 0 atom stereocenters. The molecule has 0 saturated heterocycles. The van der Waals surface area contributed by atoms with Crippen LogP contribution in [0.4, 0.5) is 5.69 Å². The van der Waals surface area contributed by atoms with E-state index in [9.17, 15) is 0 Å². The van der Waals surface area contributed by atoms with Crippen molar-refractivity contribution in [2.24, 2.45) is 0 Å². The Kier molecular flexibility index (Phi) is 4.96. The molecule has 0 aromatic carbocycles. The molecule has 4 heteroatoms. The lowest BCUT2D eigenvalue weighted by molar-refractivity contribution is 0.182. The molecule has 1 aromatic rings. The van der Waals surface area contributed by atoms with Gasteiger partial charge in [-0.25, -0.2) is 0 Å². The van der Waals surface area contributed by atoms with Gasteiger partial charge in [-0.1, -0.05) is 6.92 Å². The van der Waals surface area contributed by atoms with E-state index < -0.39 is 0 Å². The van der Waals surface area contributed by atoms with E-state index >= 15 is 0 Å². The van der Waals surface area contributed by atoms with Crippen molar-refractivity contribution >= 4 is 5.69 Å². The van der Waals surface area contributed by atoms with Crippen molar-refractivity contribution in [1.82, 2.24) is 9.88 Å². The Hall–Kier alpha value is -1.13. The zero-order valence-corrected chi connectivity index (χ0v) is 11.1. The number of nitrogens with zero attached hydrogens (tertiary/aromatic N) is 2. The molecule has 0 radical (unpaired) electrons. The fourth-order valence-electron chi connectivity index (χ4n) is 2.11. The van der Waals surface area contributed by atoms with E-state index in [-0.39, 0.29) is 6.61 Å². The van der Waals surface area contributed by atoms with Gasteiger partial charge in [-0.2, -0.15) is 0 Å². The normalized spacial score (nSPS) is 15.1. The predicted molar refractivity (Wildman–Crippen MR) is 73.5 cm³/mol. The van der Waals surface area contributed by atoms with Gasteiger partial charge in [0.05, 0.1) is 12.3 Å². The van der Waals surface area contributed by atoms with Gasteiger partial charge in [0.1, 0.15) is 0 Å². The van der Waals surface area contributed by atoms with Crippen molar-refractivity contribution in [1.29, 1.82) is 0 Å². The van der Waals surface area contributed by atoms with Crippen LogP contribution in [0, 0.1) is 0 Å². The highest BCUT2D eigenvalue weighted by Crippen LogP contribution is 2.27. The van der Waals surface area contributed by atoms with Crippen molar-refractivity contribution in [2.45, 2.75) is 38.8 Å². The van der Waals surface area contributed by atoms with Gasteiger partial charge in [0.15, 0.2) is 0 Å². The molecular weight excluding hydrogens is 226 g/mol. The molecule has 4 nitrogen and oxygen atoms in total. The fourth-order valence-corrected chi connectivity index (χ4v) is 2.11. The molecule has 0 aliphatic heterocycles. The molecule has 1 saturated carbocycles. The number of rotatable bonds is 8. The summed E-state index contributed by atoms with van der Waals surface area (Å²) in [6.45, 7) is 4.97. The Bertz CT molecular complexity index is 366. The first-order valence-corrected chi connectivity index (χ1v) is 6.87. The van der Waals surface area contributed by atoms with E-state index in [1.165, 1.54) is 12.8 Å². The maximum absolute atomic E-state index is 9.09. The number of hydrogen-bond acceptors (Lipinski definition) is 4. The van der Waals surface area contributed by atoms with Crippen molar-refractivity contribution in [3.63, 3.8) is 0 Å². The van der Waals surface area contributed by atoms with Crippen molar-refractivity contribution < 1.29 is 5.11 Å². The Morgan fingerprint density at radius 2 is 2.33 bits per heavy atom. The second-order valence-electron chi connectivity index (χ2n) is 4.89. The van der Waals surface area contributed by atoms with Crippen LogP contribution >= 0.6 is 0 Å². The van der Waals surface area contributed by atoms with E-state index in [1.54, 1.807) is 0 Å². The molecule has 2 N–H and O–H groups in total. The SMILES string of the molecule is CCCNc1ccnc(CN(CCO)C2CC2)c1. The van der Waals surface area contributed by atoms with Crippen LogP contribution in [0.15, 0.2) is 18.3 Å². The van der Waals surface area contributed by atoms with E-state index in [1.807, 2.05) is 12.3 Å². The zero-order chi connectivity index (χ0) is 12.8. The molecular formula is C14H23N3O. The lowest BCUT2D eigenvalue weighted by Gasteiger charge is -2.20. The van der Waals surface area contributed by atoms with Gasteiger partial charge in [0.2, 0.25) is 0 Å². The second-order valence-corrected chi connectivity index (χ2v) is 4.89. The topological polar surface area (TPSA) is 48.4 Å². The van der Waals surface area contributed by atoms with Crippen LogP contribution in [0.5, 0.6) is 0 Å². The number of nitrogens with one attached hydrogen (secondary N) is 1. The summed E-state index contributed by atoms with van der Waals surface area (Å²) >= 11 is 0. The Morgan fingerprint density at radius 1 is 1.50 bits per heavy atom. The number of aliphatic hydroxyl groups excluding tert-OH is 1. The summed E-state index contributed by atoms with van der Waals surface area (Å²) in [4.78, 5) is 6.74. The van der Waals surface area contributed by atoms with Gasteiger partial charge in [-0.15, -0.1) is 0 Å². The standard InChI is InChI=1S/C14H23N3O/c1-2-6-15-12-5-7-16-13(10-12)11-17(8-9-18)14-3-4-14/h5,7,10,14,18H,2-4,6,8-9,11H2,1H3,(H,15,16). The van der Waals surface area contributed by atoms with Crippen LogP contribution in [0.25, 0.3) is 0 Å². The van der Waals surface area contributed by atoms with Gasteiger partial charge < -0.3 is 10.4 Å². The third-order valence-electron chi connectivity index (χ3n) is 3.21. The van der Waals surface area contributed by atoms with E-state index in [4.69, 9.17) is 5.11 Å². The molecule has 100 valence electrons. The third-order valence-corrected chi connectivity index (χ3v) is 3.21. The number of aromatic nitrogens is 1. The highest BCUT2D eigenvalue weighted by Gasteiger charge is 2.28. The van der Waals surface area contributed by atoms with Crippen LogP contribution in [-0.4, -0.2) is 40.7 Å². The Labute approximate surface area is 109 Å². The first-order chi connectivity index (χ1) is 8.83. The molecule has 1 fully saturated rings. The minimum Gasteiger partial charge on any atom is -0.395 e. The van der Waals surface area contributed by atoms with Gasteiger partial charge in [-0.05, 0) is 31.4 Å². The highest BCUT2D eigenvalue weighted by molar-refractivity contribution is 5.43. The van der Waals surface area contributed by atoms with Gasteiger partial charge in [0, 0.05) is 37.6 Å². The summed E-state index contributed by atoms with van der Waals surface area (Å²) in [5.74, 6) is 0. The monoisotopic (exact) mass is 249 g/mol.